The molecule has 2 aromatic rings. The van der Waals surface area contributed by atoms with E-state index in [1.807, 2.05) is 24.3 Å². The third kappa shape index (κ3) is 12.2. The van der Waals surface area contributed by atoms with Crippen LogP contribution in [0.4, 0.5) is 0 Å². The highest BCUT2D eigenvalue weighted by Crippen LogP contribution is 2.25. The first kappa shape index (κ1) is 30.2. The van der Waals surface area contributed by atoms with E-state index in [0.717, 1.165) is 25.7 Å². The standard InChI is InChI=1S/C31H46N2O4/c1-5-7-9-11-17-36-27-15-13-25(29(34)19-27)21-32-23-31(3,4)24-33-22-26-14-16-28(20-30(26)35)37-18-12-10-8-6-2/h13-16,19-22,34-35H,5-12,17-18,23-24H2,1-4H3. The molecule has 37 heavy (non-hydrogen) atoms. The third-order valence-electron chi connectivity index (χ3n) is 6.04. The molecule has 0 spiro atoms. The van der Waals surface area contributed by atoms with E-state index in [1.54, 1.807) is 24.6 Å². The fourth-order valence-corrected chi connectivity index (χ4v) is 3.71. The molecule has 0 aromatic heterocycles. The van der Waals surface area contributed by atoms with E-state index in [4.69, 9.17) is 9.47 Å². The highest BCUT2D eigenvalue weighted by Gasteiger charge is 2.16. The highest BCUT2D eigenvalue weighted by molar-refractivity contribution is 5.84. The summed E-state index contributed by atoms with van der Waals surface area (Å²) in [5.41, 5.74) is 1.15. The molecule has 0 saturated heterocycles. The van der Waals surface area contributed by atoms with E-state index in [-0.39, 0.29) is 16.9 Å². The Kier molecular flexibility index (Phi) is 13.6. The van der Waals surface area contributed by atoms with Crippen LogP contribution in [0.2, 0.25) is 0 Å². The number of aromatic hydroxyl groups is 2. The predicted molar refractivity (Wildman–Crippen MR) is 154 cm³/mol. The number of benzene rings is 2. The molecule has 0 amide bonds. The van der Waals surface area contributed by atoms with Crippen molar-refractivity contribution in [1.29, 1.82) is 0 Å². The minimum absolute atomic E-state index is 0.162. The highest BCUT2D eigenvalue weighted by atomic mass is 16.5. The number of phenols is 2. The second-order valence-corrected chi connectivity index (χ2v) is 10.4. The molecule has 0 aliphatic rings. The molecule has 0 unspecified atom stereocenters. The van der Waals surface area contributed by atoms with Gasteiger partial charge in [0.25, 0.3) is 0 Å². The molecular formula is C31H46N2O4. The summed E-state index contributed by atoms with van der Waals surface area (Å²) < 4.78 is 11.5. The number of phenolic OH excluding ortho intramolecular Hbond substituents is 2. The summed E-state index contributed by atoms with van der Waals surface area (Å²) in [6.45, 7) is 11.0. The summed E-state index contributed by atoms with van der Waals surface area (Å²) in [6.07, 6.45) is 12.6. The van der Waals surface area contributed by atoms with E-state index >= 15 is 0 Å². The number of rotatable bonds is 18. The quantitative estimate of drug-likeness (QED) is 0.160. The fraction of sp³-hybridized carbons (Fsp3) is 0.548. The molecule has 2 aromatic carbocycles. The molecule has 6 nitrogen and oxygen atoms in total. The second kappa shape index (κ2) is 16.7. The van der Waals surface area contributed by atoms with Crippen LogP contribution in [-0.2, 0) is 0 Å². The van der Waals surface area contributed by atoms with Crippen molar-refractivity contribution in [2.24, 2.45) is 15.4 Å². The fourth-order valence-electron chi connectivity index (χ4n) is 3.71. The molecule has 0 aliphatic heterocycles. The van der Waals surface area contributed by atoms with E-state index in [2.05, 4.69) is 37.7 Å². The van der Waals surface area contributed by atoms with Gasteiger partial charge in [-0.2, -0.15) is 0 Å². The number of aliphatic imine (C=N–C) groups is 2. The molecule has 0 atom stereocenters. The van der Waals surface area contributed by atoms with Gasteiger partial charge in [0, 0.05) is 54.2 Å². The maximum atomic E-state index is 10.3. The van der Waals surface area contributed by atoms with Gasteiger partial charge >= 0.3 is 0 Å². The lowest BCUT2D eigenvalue weighted by Crippen LogP contribution is -2.19. The van der Waals surface area contributed by atoms with Crippen molar-refractivity contribution in [2.75, 3.05) is 26.3 Å². The monoisotopic (exact) mass is 510 g/mol. The summed E-state index contributed by atoms with van der Waals surface area (Å²) in [4.78, 5) is 9.07. The first-order valence-corrected chi connectivity index (χ1v) is 13.8. The minimum Gasteiger partial charge on any atom is -0.507 e. The zero-order valence-corrected chi connectivity index (χ0v) is 23.2. The van der Waals surface area contributed by atoms with Gasteiger partial charge in [-0.1, -0.05) is 66.2 Å². The molecule has 0 aliphatic carbocycles. The van der Waals surface area contributed by atoms with Crippen molar-refractivity contribution in [3.05, 3.63) is 47.5 Å². The molecule has 2 rings (SSSR count). The van der Waals surface area contributed by atoms with Gasteiger partial charge in [-0.15, -0.1) is 0 Å². The number of nitrogens with zero attached hydrogens (tertiary/aromatic N) is 2. The Balaban J connectivity index is 1.80. The molecule has 2 N–H and O–H groups in total. The van der Waals surface area contributed by atoms with Crippen LogP contribution in [0.5, 0.6) is 23.0 Å². The lowest BCUT2D eigenvalue weighted by molar-refractivity contribution is 0.303. The summed E-state index contributed by atoms with van der Waals surface area (Å²) >= 11 is 0. The zero-order chi connectivity index (χ0) is 26.9. The van der Waals surface area contributed by atoms with Crippen molar-refractivity contribution in [3.8, 4) is 23.0 Å². The van der Waals surface area contributed by atoms with Gasteiger partial charge in [-0.25, -0.2) is 0 Å². The van der Waals surface area contributed by atoms with E-state index < -0.39 is 0 Å². The number of hydrogen-bond donors (Lipinski definition) is 2. The van der Waals surface area contributed by atoms with E-state index in [1.165, 1.54) is 25.7 Å². The van der Waals surface area contributed by atoms with Crippen LogP contribution in [0.1, 0.15) is 90.2 Å². The summed E-state index contributed by atoms with van der Waals surface area (Å²) in [7, 11) is 0. The van der Waals surface area contributed by atoms with Gasteiger partial charge in [0.2, 0.25) is 0 Å². The molecule has 0 saturated carbocycles. The van der Waals surface area contributed by atoms with Crippen LogP contribution in [0, 0.1) is 5.41 Å². The zero-order valence-electron chi connectivity index (χ0n) is 23.2. The van der Waals surface area contributed by atoms with E-state index in [9.17, 15) is 10.2 Å². The lowest BCUT2D eigenvalue weighted by atomic mass is 9.94. The van der Waals surface area contributed by atoms with Crippen LogP contribution < -0.4 is 9.47 Å². The van der Waals surface area contributed by atoms with Crippen LogP contribution in [0.15, 0.2) is 46.4 Å². The summed E-state index contributed by atoms with van der Waals surface area (Å²) in [5, 5.41) is 20.7. The molecule has 204 valence electrons. The first-order chi connectivity index (χ1) is 17.8. The van der Waals surface area contributed by atoms with E-state index in [0.29, 0.717) is 48.9 Å². The van der Waals surface area contributed by atoms with Gasteiger partial charge in [0.15, 0.2) is 0 Å². The predicted octanol–water partition coefficient (Wildman–Crippen LogP) is 7.58. The Bertz CT molecular complexity index is 908. The summed E-state index contributed by atoms with van der Waals surface area (Å²) in [5.74, 6) is 1.68. The first-order valence-electron chi connectivity index (χ1n) is 13.8. The number of hydrogen-bond acceptors (Lipinski definition) is 6. The minimum atomic E-state index is -0.179. The lowest BCUT2D eigenvalue weighted by Gasteiger charge is -2.19. The van der Waals surface area contributed by atoms with Crippen molar-refractivity contribution < 1.29 is 19.7 Å². The van der Waals surface area contributed by atoms with Crippen molar-refractivity contribution in [3.63, 3.8) is 0 Å². The van der Waals surface area contributed by atoms with Gasteiger partial charge < -0.3 is 19.7 Å². The van der Waals surface area contributed by atoms with Crippen LogP contribution in [-0.4, -0.2) is 48.9 Å². The van der Waals surface area contributed by atoms with Gasteiger partial charge in [-0.3, -0.25) is 9.98 Å². The van der Waals surface area contributed by atoms with Gasteiger partial charge in [-0.05, 0) is 37.1 Å². The van der Waals surface area contributed by atoms with Crippen LogP contribution >= 0.6 is 0 Å². The molecule has 0 bridgehead atoms. The number of unbranched alkanes of at least 4 members (excludes halogenated alkanes) is 6. The Morgan fingerprint density at radius 3 is 1.49 bits per heavy atom. The average molecular weight is 511 g/mol. The molecule has 0 fully saturated rings. The maximum Gasteiger partial charge on any atom is 0.128 e. The summed E-state index contributed by atoms with van der Waals surface area (Å²) in [6, 6.07) is 10.7. The normalized spacial score (nSPS) is 12.0. The molecule has 0 heterocycles. The second-order valence-electron chi connectivity index (χ2n) is 10.4. The molecular weight excluding hydrogens is 464 g/mol. The van der Waals surface area contributed by atoms with Gasteiger partial charge in [0.05, 0.1) is 13.2 Å². The topological polar surface area (TPSA) is 83.6 Å². The van der Waals surface area contributed by atoms with Crippen molar-refractivity contribution >= 4 is 12.4 Å². The van der Waals surface area contributed by atoms with Gasteiger partial charge in [0.1, 0.15) is 23.0 Å². The largest absolute Gasteiger partial charge is 0.507 e. The SMILES string of the molecule is CCCCCCOc1ccc(C=NCC(C)(C)CN=Cc2ccc(OCCCCCC)cc2O)c(O)c1. The van der Waals surface area contributed by atoms with Crippen molar-refractivity contribution in [1.82, 2.24) is 0 Å². The number of ether oxygens (including phenoxy) is 2. The third-order valence-corrected chi connectivity index (χ3v) is 6.04. The Morgan fingerprint density at radius 1 is 0.676 bits per heavy atom. The van der Waals surface area contributed by atoms with Crippen LogP contribution in [0.25, 0.3) is 0 Å². The maximum absolute atomic E-state index is 10.3. The Hall–Kier alpha value is -3.02. The Labute approximate surface area is 223 Å². The molecule has 6 heteroatoms. The van der Waals surface area contributed by atoms with Crippen LogP contribution in [0.3, 0.4) is 0 Å². The average Bonchev–Trinajstić information content (AvgIpc) is 2.86. The van der Waals surface area contributed by atoms with Crippen molar-refractivity contribution in [2.45, 2.75) is 79.1 Å². The molecule has 0 radical (unpaired) electrons. The smallest absolute Gasteiger partial charge is 0.128 e. The Morgan fingerprint density at radius 2 is 1.11 bits per heavy atom.